The van der Waals surface area contributed by atoms with E-state index >= 15 is 0 Å². The molecule has 2 unspecified atom stereocenters. The van der Waals surface area contributed by atoms with Gasteiger partial charge < -0.3 is 9.47 Å². The van der Waals surface area contributed by atoms with E-state index in [1.165, 1.54) is 6.92 Å². The van der Waals surface area contributed by atoms with Crippen LogP contribution in [-0.4, -0.2) is 18.4 Å². The molecule has 0 N–H and O–H groups in total. The maximum atomic E-state index is 10.5. The molecule has 0 aromatic carbocycles. The number of carbonyl (C=O) groups is 1. The quantitative estimate of drug-likeness (QED) is 0.542. The van der Waals surface area contributed by atoms with E-state index in [-0.39, 0.29) is 18.4 Å². The zero-order valence-corrected chi connectivity index (χ0v) is 7.00. The van der Waals surface area contributed by atoms with Gasteiger partial charge in [-0.1, -0.05) is 0 Å². The van der Waals surface area contributed by atoms with Gasteiger partial charge in [0.25, 0.3) is 0 Å². The number of hydrogen-bond acceptors (Lipinski definition) is 3. The van der Waals surface area contributed by atoms with E-state index < -0.39 is 0 Å². The predicted molar refractivity (Wildman–Crippen MR) is 40.0 cm³/mol. The molecule has 2 atom stereocenters. The molecule has 1 rings (SSSR count). The second kappa shape index (κ2) is 3.72. The van der Waals surface area contributed by atoms with Crippen molar-refractivity contribution in [2.75, 3.05) is 0 Å². The second-order valence-electron chi connectivity index (χ2n) is 2.92. The summed E-state index contributed by atoms with van der Waals surface area (Å²) in [6, 6.07) is 0. The third-order valence-corrected chi connectivity index (χ3v) is 1.73. The highest BCUT2D eigenvalue weighted by molar-refractivity contribution is 5.66. The average molecular weight is 158 g/mol. The smallest absolute Gasteiger partial charge is 0.304 e. The van der Waals surface area contributed by atoms with Crippen LogP contribution in [0.3, 0.4) is 0 Å². The Bertz CT molecular complexity index is 144. The van der Waals surface area contributed by atoms with Crippen LogP contribution in [0.5, 0.6) is 0 Å². The summed E-state index contributed by atoms with van der Waals surface area (Å²) in [5.74, 6) is -0.260. The van der Waals surface area contributed by atoms with Crippen molar-refractivity contribution in [3.8, 4) is 0 Å². The normalized spacial score (nSPS) is 31.5. The minimum Gasteiger partial charge on any atom is -0.436 e. The molecule has 1 aliphatic rings. The lowest BCUT2D eigenvalue weighted by molar-refractivity contribution is -0.197. The highest BCUT2D eigenvalue weighted by atomic mass is 16.7. The van der Waals surface area contributed by atoms with Crippen LogP contribution in [0.15, 0.2) is 0 Å². The minimum atomic E-state index is -0.295. The van der Waals surface area contributed by atoms with Gasteiger partial charge in [0.15, 0.2) is 0 Å². The number of hydrogen-bond donors (Lipinski definition) is 0. The van der Waals surface area contributed by atoms with Crippen LogP contribution in [0.25, 0.3) is 0 Å². The summed E-state index contributed by atoms with van der Waals surface area (Å²) in [7, 11) is 0. The molecule has 0 radical (unpaired) electrons. The Hall–Kier alpha value is -0.570. The van der Waals surface area contributed by atoms with Crippen molar-refractivity contribution in [3.05, 3.63) is 0 Å². The molecule has 0 aromatic rings. The molecule has 11 heavy (non-hydrogen) atoms. The summed E-state index contributed by atoms with van der Waals surface area (Å²) < 4.78 is 10.3. The first kappa shape index (κ1) is 8.53. The van der Waals surface area contributed by atoms with E-state index in [4.69, 9.17) is 9.47 Å². The Morgan fingerprint density at radius 2 is 2.27 bits per heavy atom. The molecule has 0 aliphatic carbocycles. The molecule has 1 heterocycles. The summed E-state index contributed by atoms with van der Waals surface area (Å²) in [5.41, 5.74) is 0. The van der Waals surface area contributed by atoms with Gasteiger partial charge in [-0.3, -0.25) is 4.79 Å². The Balaban J connectivity index is 2.28. The predicted octanol–water partition coefficient (Wildman–Crippen LogP) is 1.46. The van der Waals surface area contributed by atoms with E-state index in [0.717, 1.165) is 19.3 Å². The molecule has 1 fully saturated rings. The summed E-state index contributed by atoms with van der Waals surface area (Å²) in [5, 5.41) is 0. The SMILES string of the molecule is CC(=O)OC1CCCC(C)O1. The fourth-order valence-corrected chi connectivity index (χ4v) is 1.24. The standard InChI is InChI=1S/C8H14O3/c1-6-4-3-5-8(10-6)11-7(2)9/h6,8H,3-5H2,1-2H3. The lowest BCUT2D eigenvalue weighted by Gasteiger charge is -2.26. The van der Waals surface area contributed by atoms with Gasteiger partial charge >= 0.3 is 5.97 Å². The zero-order chi connectivity index (χ0) is 8.27. The summed E-state index contributed by atoms with van der Waals surface area (Å²) in [6.45, 7) is 3.40. The molecule has 64 valence electrons. The van der Waals surface area contributed by atoms with E-state index in [2.05, 4.69) is 0 Å². The highest BCUT2D eigenvalue weighted by Gasteiger charge is 2.20. The van der Waals surface area contributed by atoms with Crippen molar-refractivity contribution in [3.63, 3.8) is 0 Å². The molecule has 0 spiro atoms. The molecule has 3 nitrogen and oxygen atoms in total. The monoisotopic (exact) mass is 158 g/mol. The molecular formula is C8H14O3. The van der Waals surface area contributed by atoms with Gasteiger partial charge in [0.1, 0.15) is 0 Å². The summed E-state index contributed by atoms with van der Waals surface area (Å²) in [4.78, 5) is 10.5. The van der Waals surface area contributed by atoms with Crippen LogP contribution in [-0.2, 0) is 14.3 Å². The molecule has 1 aliphatic heterocycles. The zero-order valence-electron chi connectivity index (χ0n) is 7.00. The third kappa shape index (κ3) is 2.89. The molecule has 3 heteroatoms. The number of rotatable bonds is 1. The minimum absolute atomic E-state index is 0.230. The number of carbonyl (C=O) groups excluding carboxylic acids is 1. The average Bonchev–Trinajstić information content (AvgIpc) is 1.85. The van der Waals surface area contributed by atoms with E-state index in [1.54, 1.807) is 0 Å². The summed E-state index contributed by atoms with van der Waals surface area (Å²) in [6.07, 6.45) is 2.92. The number of ether oxygens (including phenoxy) is 2. The van der Waals surface area contributed by atoms with Crippen LogP contribution in [0.2, 0.25) is 0 Å². The Labute approximate surface area is 66.7 Å². The highest BCUT2D eigenvalue weighted by Crippen LogP contribution is 2.19. The van der Waals surface area contributed by atoms with Crippen LogP contribution in [0.4, 0.5) is 0 Å². The molecule has 0 amide bonds. The first-order valence-corrected chi connectivity index (χ1v) is 4.01. The van der Waals surface area contributed by atoms with Crippen molar-refractivity contribution in [2.24, 2.45) is 0 Å². The number of esters is 1. The Morgan fingerprint density at radius 3 is 2.82 bits per heavy atom. The maximum absolute atomic E-state index is 10.5. The van der Waals surface area contributed by atoms with Gasteiger partial charge in [-0.05, 0) is 19.8 Å². The first-order valence-electron chi connectivity index (χ1n) is 4.01. The lowest BCUT2D eigenvalue weighted by atomic mass is 10.1. The van der Waals surface area contributed by atoms with Gasteiger partial charge in [0.05, 0.1) is 6.10 Å². The Kier molecular flexibility index (Phi) is 2.88. The summed E-state index contributed by atoms with van der Waals surface area (Å²) >= 11 is 0. The van der Waals surface area contributed by atoms with Gasteiger partial charge in [0, 0.05) is 13.3 Å². The van der Waals surface area contributed by atoms with Gasteiger partial charge in [-0.25, -0.2) is 0 Å². The van der Waals surface area contributed by atoms with Crippen molar-refractivity contribution in [1.82, 2.24) is 0 Å². The topological polar surface area (TPSA) is 35.5 Å². The molecule has 0 bridgehead atoms. The van der Waals surface area contributed by atoms with E-state index in [0.29, 0.717) is 0 Å². The fraction of sp³-hybridized carbons (Fsp3) is 0.875. The van der Waals surface area contributed by atoms with Crippen LogP contribution < -0.4 is 0 Å². The van der Waals surface area contributed by atoms with E-state index in [9.17, 15) is 4.79 Å². The van der Waals surface area contributed by atoms with Crippen molar-refractivity contribution in [2.45, 2.75) is 45.5 Å². The van der Waals surface area contributed by atoms with Crippen molar-refractivity contribution < 1.29 is 14.3 Å². The molecule has 1 saturated heterocycles. The first-order chi connectivity index (χ1) is 5.18. The van der Waals surface area contributed by atoms with Crippen LogP contribution in [0.1, 0.15) is 33.1 Å². The van der Waals surface area contributed by atoms with Crippen LogP contribution in [0, 0.1) is 0 Å². The van der Waals surface area contributed by atoms with Gasteiger partial charge in [-0.15, -0.1) is 0 Å². The maximum Gasteiger partial charge on any atom is 0.304 e. The van der Waals surface area contributed by atoms with E-state index in [1.807, 2.05) is 6.92 Å². The lowest BCUT2D eigenvalue weighted by Crippen LogP contribution is -2.29. The van der Waals surface area contributed by atoms with Crippen LogP contribution >= 0.6 is 0 Å². The Morgan fingerprint density at radius 1 is 1.55 bits per heavy atom. The van der Waals surface area contributed by atoms with Gasteiger partial charge in [0.2, 0.25) is 6.29 Å². The largest absolute Gasteiger partial charge is 0.436 e. The van der Waals surface area contributed by atoms with Crippen molar-refractivity contribution >= 4 is 5.97 Å². The van der Waals surface area contributed by atoms with Crippen molar-refractivity contribution in [1.29, 1.82) is 0 Å². The second-order valence-corrected chi connectivity index (χ2v) is 2.92. The fourth-order valence-electron chi connectivity index (χ4n) is 1.24. The van der Waals surface area contributed by atoms with Gasteiger partial charge in [-0.2, -0.15) is 0 Å². The molecule has 0 saturated carbocycles. The molecule has 0 aromatic heterocycles. The third-order valence-electron chi connectivity index (χ3n) is 1.73. The molecular weight excluding hydrogens is 144 g/mol.